The normalized spacial score (nSPS) is 14.9. The van der Waals surface area contributed by atoms with Gasteiger partial charge < -0.3 is 37.9 Å². The largest absolute Gasteiger partial charge is 0.514 e. The molecule has 1 aliphatic carbocycles. The third-order valence-electron chi connectivity index (χ3n) is 17.2. The van der Waals surface area contributed by atoms with Crippen LogP contribution in [0, 0.1) is 0 Å². The standard InChI is InChI=1S/C80H88O12/c1-5-9-17-43-65-61-39-29-40-62(47-61)66(44-18-10-6-2)71-50-72(76(92-80(84)88-56-60-37-27-16-28-38-60)52-75(71)91-79(83)87-55-59-35-25-15-26-36-59)68(46-20-12-8-4)64-42-30-41-63(48-64)67(45-19-11-7-3)70-49-69(65)73(89-77(81)85-53-57-31-21-13-22-32-57)51-74(70)90-78(82)86-54-58-33-23-14-24-34-58/h13-16,21-42,47-52,65-68H,5-12,17-20,43-46,53-56H2,1-4H3. The lowest BCUT2D eigenvalue weighted by Crippen LogP contribution is -2.18. The fourth-order valence-electron chi connectivity index (χ4n) is 12.4. The second kappa shape index (κ2) is 35.4. The number of carbonyl (C=O) groups is 4. The van der Waals surface area contributed by atoms with Crippen LogP contribution in [0.3, 0.4) is 0 Å². The number of hydrogen-bond acceptors (Lipinski definition) is 12. The first-order chi connectivity index (χ1) is 45.1. The van der Waals surface area contributed by atoms with Crippen LogP contribution in [-0.2, 0) is 45.4 Å². The molecule has 4 unspecified atom stereocenters. The van der Waals surface area contributed by atoms with Crippen molar-refractivity contribution in [2.75, 3.05) is 0 Å². The Morgan fingerprint density at radius 2 is 0.500 bits per heavy atom. The molecular formula is C80H88O12. The number of rotatable bonds is 28. The summed E-state index contributed by atoms with van der Waals surface area (Å²) in [5, 5.41) is 0. The third kappa shape index (κ3) is 19.4. The zero-order valence-corrected chi connectivity index (χ0v) is 53.8. The lowest BCUT2D eigenvalue weighted by atomic mass is 9.77. The van der Waals surface area contributed by atoms with E-state index in [1.54, 1.807) is 12.1 Å². The van der Waals surface area contributed by atoms with E-state index in [0.29, 0.717) is 25.7 Å². The van der Waals surface area contributed by atoms with Gasteiger partial charge in [0.05, 0.1) is 0 Å². The summed E-state index contributed by atoms with van der Waals surface area (Å²) in [5.74, 6) is -0.732. The van der Waals surface area contributed by atoms with Crippen molar-refractivity contribution in [2.24, 2.45) is 0 Å². The molecule has 0 aliphatic heterocycles. The molecular weight excluding hydrogens is 1150 g/mol. The number of ether oxygens (including phenoxy) is 8. The number of benzene rings is 8. The van der Waals surface area contributed by atoms with E-state index >= 15 is 0 Å². The summed E-state index contributed by atoms with van der Waals surface area (Å²) in [6.07, 6.45) is 9.98. The highest BCUT2D eigenvalue weighted by atomic mass is 16.7. The van der Waals surface area contributed by atoms with Crippen molar-refractivity contribution in [3.8, 4) is 23.0 Å². The van der Waals surface area contributed by atoms with Crippen molar-refractivity contribution in [3.05, 3.63) is 261 Å². The molecule has 0 N–H and O–H groups in total. The average Bonchev–Trinajstić information content (AvgIpc) is 0.779. The monoisotopic (exact) mass is 1240 g/mol. The lowest BCUT2D eigenvalue weighted by Gasteiger charge is -2.29. The summed E-state index contributed by atoms with van der Waals surface area (Å²) in [7, 11) is 0. The molecule has 0 amide bonds. The van der Waals surface area contributed by atoms with Gasteiger partial charge in [-0.3, -0.25) is 0 Å². The Morgan fingerprint density at radius 1 is 0.272 bits per heavy atom. The predicted molar refractivity (Wildman–Crippen MR) is 359 cm³/mol. The Labute approximate surface area is 543 Å². The first-order valence-corrected chi connectivity index (χ1v) is 33.2. The van der Waals surface area contributed by atoms with E-state index in [1.165, 1.54) is 0 Å². The first-order valence-electron chi connectivity index (χ1n) is 33.2. The van der Waals surface area contributed by atoms with E-state index in [4.69, 9.17) is 37.9 Å². The second-order valence-corrected chi connectivity index (χ2v) is 23.9. The molecule has 8 aromatic rings. The molecule has 0 heterocycles. The fourth-order valence-corrected chi connectivity index (χ4v) is 12.4. The molecule has 92 heavy (non-hydrogen) atoms. The number of unbranched alkanes of at least 4 members (excludes halogenated alkanes) is 8. The fraction of sp³-hybridized carbons (Fsp3) is 0.350. The van der Waals surface area contributed by atoms with Crippen LogP contribution in [-0.4, -0.2) is 24.6 Å². The SMILES string of the molecule is CCCCCC1c2cccc(c2)C(CCCCC)c2cc(c(OC(=O)OCc3ccccc3)cc2OC(=O)OCc2ccccc2)C(CCCCC)c2cccc(c2)C(CCCCC)c2cc1c(OC(=O)OCc1ccccc1)cc2OC(=O)OCc1ccccc1. The molecule has 0 spiro atoms. The zero-order chi connectivity index (χ0) is 64.3. The van der Waals surface area contributed by atoms with Gasteiger partial charge in [-0.2, -0.15) is 0 Å². The van der Waals surface area contributed by atoms with Crippen molar-refractivity contribution in [1.82, 2.24) is 0 Å². The van der Waals surface area contributed by atoms with Crippen molar-refractivity contribution < 1.29 is 57.1 Å². The minimum absolute atomic E-state index is 0.0252. The molecule has 8 bridgehead atoms. The van der Waals surface area contributed by atoms with Crippen molar-refractivity contribution in [2.45, 2.75) is 181 Å². The predicted octanol–water partition coefficient (Wildman–Crippen LogP) is 21.7. The van der Waals surface area contributed by atoms with Crippen LogP contribution in [0.5, 0.6) is 23.0 Å². The zero-order valence-electron chi connectivity index (χ0n) is 53.8. The molecule has 0 saturated heterocycles. The molecule has 1 aliphatic rings. The topological polar surface area (TPSA) is 142 Å². The van der Waals surface area contributed by atoms with Crippen LogP contribution in [0.25, 0.3) is 0 Å². The second-order valence-electron chi connectivity index (χ2n) is 23.9. The van der Waals surface area contributed by atoms with Crippen molar-refractivity contribution in [3.63, 3.8) is 0 Å². The van der Waals surface area contributed by atoms with Crippen LogP contribution in [0.15, 0.2) is 194 Å². The highest BCUT2D eigenvalue weighted by Crippen LogP contribution is 2.49. The van der Waals surface area contributed by atoms with Gasteiger partial charge in [-0.15, -0.1) is 0 Å². The number of hydrogen-bond donors (Lipinski definition) is 0. The molecule has 12 heteroatoms. The maximum atomic E-state index is 14.3. The number of fused-ring (bicyclic) bond motifs is 8. The van der Waals surface area contributed by atoms with Crippen LogP contribution in [0.2, 0.25) is 0 Å². The van der Waals surface area contributed by atoms with Gasteiger partial charge in [-0.1, -0.05) is 275 Å². The summed E-state index contributed by atoms with van der Waals surface area (Å²) in [4.78, 5) is 57.2. The average molecular weight is 1240 g/mol. The number of carbonyl (C=O) groups excluding carboxylic acids is 4. The summed E-state index contributed by atoms with van der Waals surface area (Å²) < 4.78 is 49.2. The smallest absolute Gasteiger partial charge is 0.429 e. The molecule has 0 fully saturated rings. The Morgan fingerprint density at radius 3 is 0.717 bits per heavy atom. The maximum Gasteiger partial charge on any atom is 0.514 e. The summed E-state index contributed by atoms with van der Waals surface area (Å²) in [5.41, 5.74) is 9.92. The van der Waals surface area contributed by atoms with Gasteiger partial charge in [-0.25, -0.2) is 19.2 Å². The Balaban J connectivity index is 1.30. The summed E-state index contributed by atoms with van der Waals surface area (Å²) in [6.45, 7) is 8.61. The van der Waals surface area contributed by atoms with E-state index in [1.807, 2.05) is 121 Å². The molecule has 480 valence electrons. The van der Waals surface area contributed by atoms with Crippen molar-refractivity contribution in [1.29, 1.82) is 0 Å². The van der Waals surface area contributed by atoms with Crippen LogP contribution < -0.4 is 18.9 Å². The molecule has 0 saturated carbocycles. The van der Waals surface area contributed by atoms with Gasteiger partial charge in [0.2, 0.25) is 0 Å². The van der Waals surface area contributed by atoms with Crippen LogP contribution >= 0.6 is 0 Å². The highest BCUT2D eigenvalue weighted by molar-refractivity contribution is 5.71. The van der Waals surface area contributed by atoms with Crippen LogP contribution in [0.4, 0.5) is 19.2 Å². The molecule has 4 atom stereocenters. The van der Waals surface area contributed by atoms with E-state index < -0.39 is 24.6 Å². The minimum atomic E-state index is -0.913. The van der Waals surface area contributed by atoms with E-state index in [0.717, 1.165) is 144 Å². The Hall–Kier alpha value is -9.16. The van der Waals surface area contributed by atoms with Gasteiger partial charge in [0.1, 0.15) is 49.4 Å². The molecule has 12 nitrogen and oxygen atoms in total. The van der Waals surface area contributed by atoms with E-state index in [2.05, 4.69) is 88.4 Å². The van der Waals surface area contributed by atoms with Gasteiger partial charge in [0.15, 0.2) is 0 Å². The van der Waals surface area contributed by atoms with Gasteiger partial charge >= 0.3 is 24.6 Å². The third-order valence-corrected chi connectivity index (χ3v) is 17.2. The molecule has 0 aromatic heterocycles. The van der Waals surface area contributed by atoms with E-state index in [9.17, 15) is 19.2 Å². The van der Waals surface area contributed by atoms with Crippen LogP contribution in [0.1, 0.15) is 221 Å². The Kier molecular flexibility index (Phi) is 25.9. The summed E-state index contributed by atoms with van der Waals surface area (Å²) >= 11 is 0. The van der Waals surface area contributed by atoms with E-state index in [-0.39, 0.29) is 73.1 Å². The maximum absolute atomic E-state index is 14.3. The molecule has 0 radical (unpaired) electrons. The van der Waals surface area contributed by atoms with Gasteiger partial charge in [0, 0.05) is 58.1 Å². The minimum Gasteiger partial charge on any atom is -0.429 e. The summed E-state index contributed by atoms with van der Waals surface area (Å²) in [6, 6.07) is 62.4. The quantitative estimate of drug-likeness (QED) is 0.0199. The molecule has 8 aromatic carbocycles. The Bertz CT molecular complexity index is 3150. The first kappa shape index (κ1) is 67.2. The highest BCUT2D eigenvalue weighted by Gasteiger charge is 2.33. The van der Waals surface area contributed by atoms with Crippen molar-refractivity contribution >= 4 is 24.6 Å². The van der Waals surface area contributed by atoms with Gasteiger partial charge in [0.25, 0.3) is 0 Å². The lowest BCUT2D eigenvalue weighted by molar-refractivity contribution is 0.0888. The molecule has 9 rings (SSSR count). The van der Waals surface area contributed by atoms with Gasteiger partial charge in [-0.05, 0) is 82.3 Å².